The molecule has 6 heteroatoms. The van der Waals surface area contributed by atoms with Crippen LogP contribution in [0, 0.1) is 15.9 Å². The second-order valence-electron chi connectivity index (χ2n) is 5.06. The van der Waals surface area contributed by atoms with E-state index >= 15 is 0 Å². The highest BCUT2D eigenvalue weighted by Crippen LogP contribution is 2.20. The molecule has 0 bridgehead atoms. The Labute approximate surface area is 133 Å². The SMILES string of the molecule is CCN(Cc1ccccc1[N+](=O)[O-])C(=O)Cc1ccccc1F. The normalized spacial score (nSPS) is 10.3. The van der Waals surface area contributed by atoms with Crippen LogP contribution in [0.5, 0.6) is 0 Å². The molecule has 5 nitrogen and oxygen atoms in total. The van der Waals surface area contributed by atoms with E-state index < -0.39 is 10.7 Å². The Morgan fingerprint density at radius 1 is 1.13 bits per heavy atom. The number of carbonyl (C=O) groups is 1. The van der Waals surface area contributed by atoms with Crippen LogP contribution in [0.4, 0.5) is 10.1 Å². The maximum absolute atomic E-state index is 13.7. The van der Waals surface area contributed by atoms with Gasteiger partial charge in [0.25, 0.3) is 5.69 Å². The molecule has 2 rings (SSSR count). The van der Waals surface area contributed by atoms with Crippen molar-refractivity contribution < 1.29 is 14.1 Å². The van der Waals surface area contributed by atoms with Crippen LogP contribution in [0.3, 0.4) is 0 Å². The smallest absolute Gasteiger partial charge is 0.274 e. The van der Waals surface area contributed by atoms with Gasteiger partial charge in [0.15, 0.2) is 0 Å². The minimum Gasteiger partial charge on any atom is -0.338 e. The minimum atomic E-state index is -0.468. The molecule has 0 atom stereocenters. The zero-order valence-electron chi connectivity index (χ0n) is 12.7. The Kier molecular flexibility index (Phi) is 5.41. The first kappa shape index (κ1) is 16.6. The van der Waals surface area contributed by atoms with Gasteiger partial charge in [0, 0.05) is 18.2 Å². The average molecular weight is 316 g/mol. The molecule has 0 aliphatic heterocycles. The molecule has 0 N–H and O–H groups in total. The van der Waals surface area contributed by atoms with E-state index in [1.54, 1.807) is 43.3 Å². The van der Waals surface area contributed by atoms with Crippen molar-refractivity contribution in [3.05, 3.63) is 75.6 Å². The molecule has 0 radical (unpaired) electrons. The lowest BCUT2D eigenvalue weighted by Crippen LogP contribution is -2.32. The highest BCUT2D eigenvalue weighted by atomic mass is 19.1. The number of nitro groups is 1. The number of benzene rings is 2. The zero-order valence-corrected chi connectivity index (χ0v) is 12.7. The van der Waals surface area contributed by atoms with E-state index in [0.29, 0.717) is 17.7 Å². The number of rotatable bonds is 6. The number of likely N-dealkylation sites (N-methyl/N-ethyl adjacent to an activating group) is 1. The Bertz CT molecular complexity index is 718. The van der Waals surface area contributed by atoms with Crippen molar-refractivity contribution in [1.82, 2.24) is 4.90 Å². The van der Waals surface area contributed by atoms with Crippen LogP contribution < -0.4 is 0 Å². The van der Waals surface area contributed by atoms with E-state index in [0.717, 1.165) is 0 Å². The molecule has 23 heavy (non-hydrogen) atoms. The lowest BCUT2D eigenvalue weighted by atomic mass is 10.1. The van der Waals surface area contributed by atoms with Crippen molar-refractivity contribution in [3.8, 4) is 0 Å². The number of nitrogens with zero attached hydrogens (tertiary/aromatic N) is 2. The van der Waals surface area contributed by atoms with Crippen molar-refractivity contribution in [2.75, 3.05) is 6.54 Å². The van der Waals surface area contributed by atoms with Crippen molar-refractivity contribution in [3.63, 3.8) is 0 Å². The molecule has 0 spiro atoms. The summed E-state index contributed by atoms with van der Waals surface area (Å²) in [6.45, 7) is 2.30. The Balaban J connectivity index is 2.16. The second kappa shape index (κ2) is 7.49. The third-order valence-electron chi connectivity index (χ3n) is 3.58. The highest BCUT2D eigenvalue weighted by Gasteiger charge is 2.19. The summed E-state index contributed by atoms with van der Waals surface area (Å²) in [5, 5.41) is 11.0. The van der Waals surface area contributed by atoms with Gasteiger partial charge in [0.1, 0.15) is 5.82 Å². The van der Waals surface area contributed by atoms with Crippen molar-refractivity contribution in [2.24, 2.45) is 0 Å². The predicted octanol–water partition coefficient (Wildman–Crippen LogP) is 3.33. The average Bonchev–Trinajstić information content (AvgIpc) is 2.54. The lowest BCUT2D eigenvalue weighted by molar-refractivity contribution is -0.385. The summed E-state index contributed by atoms with van der Waals surface area (Å²) < 4.78 is 13.7. The summed E-state index contributed by atoms with van der Waals surface area (Å²) in [6.07, 6.45) is -0.0683. The summed E-state index contributed by atoms with van der Waals surface area (Å²) in [5.74, 6) is -0.696. The maximum atomic E-state index is 13.7. The summed E-state index contributed by atoms with van der Waals surface area (Å²) in [6, 6.07) is 12.4. The molecule has 0 saturated carbocycles. The molecule has 0 heterocycles. The third kappa shape index (κ3) is 4.12. The van der Waals surface area contributed by atoms with E-state index in [1.165, 1.54) is 17.0 Å². The fourth-order valence-electron chi connectivity index (χ4n) is 2.32. The fraction of sp³-hybridized carbons (Fsp3) is 0.235. The minimum absolute atomic E-state index is 0.0235. The van der Waals surface area contributed by atoms with Gasteiger partial charge in [0.05, 0.1) is 17.9 Å². The number of hydrogen-bond acceptors (Lipinski definition) is 3. The monoisotopic (exact) mass is 316 g/mol. The van der Waals surface area contributed by atoms with Gasteiger partial charge in [-0.05, 0) is 18.6 Å². The maximum Gasteiger partial charge on any atom is 0.274 e. The molecule has 120 valence electrons. The number of halogens is 1. The fourth-order valence-corrected chi connectivity index (χ4v) is 2.32. The second-order valence-corrected chi connectivity index (χ2v) is 5.06. The first-order chi connectivity index (χ1) is 11.0. The lowest BCUT2D eigenvalue weighted by Gasteiger charge is -2.21. The summed E-state index contributed by atoms with van der Waals surface area (Å²) in [5.41, 5.74) is 0.754. The topological polar surface area (TPSA) is 63.4 Å². The number of amides is 1. The van der Waals surface area contributed by atoms with E-state index in [4.69, 9.17) is 0 Å². The molecule has 0 aromatic heterocycles. The Morgan fingerprint density at radius 2 is 1.74 bits per heavy atom. The van der Waals surface area contributed by atoms with Gasteiger partial charge in [-0.25, -0.2) is 4.39 Å². The van der Waals surface area contributed by atoms with Crippen LogP contribution in [0.25, 0.3) is 0 Å². The van der Waals surface area contributed by atoms with Crippen LogP contribution in [0.2, 0.25) is 0 Å². The molecule has 1 amide bonds. The molecular weight excluding hydrogens is 299 g/mol. The zero-order chi connectivity index (χ0) is 16.8. The predicted molar refractivity (Wildman–Crippen MR) is 84.3 cm³/mol. The molecule has 0 aliphatic rings. The molecular formula is C17H17FN2O3. The van der Waals surface area contributed by atoms with Gasteiger partial charge < -0.3 is 4.90 Å². The molecule has 0 saturated heterocycles. The molecule has 2 aromatic carbocycles. The number of carbonyl (C=O) groups excluding carboxylic acids is 1. The first-order valence-corrected chi connectivity index (χ1v) is 7.26. The highest BCUT2D eigenvalue weighted by molar-refractivity contribution is 5.79. The Morgan fingerprint density at radius 3 is 2.35 bits per heavy atom. The van der Waals surface area contributed by atoms with Gasteiger partial charge in [-0.2, -0.15) is 0 Å². The van der Waals surface area contributed by atoms with E-state index in [-0.39, 0.29) is 24.6 Å². The van der Waals surface area contributed by atoms with Crippen LogP contribution >= 0.6 is 0 Å². The standard InChI is InChI=1S/C17H17FN2O3/c1-2-19(12-14-8-4-6-10-16(14)20(22)23)17(21)11-13-7-3-5-9-15(13)18/h3-10H,2,11-12H2,1H3. The van der Waals surface area contributed by atoms with Crippen LogP contribution in [0.15, 0.2) is 48.5 Å². The molecule has 0 unspecified atom stereocenters. The summed E-state index contributed by atoms with van der Waals surface area (Å²) >= 11 is 0. The number of nitro benzene ring substituents is 1. The van der Waals surface area contributed by atoms with Crippen LogP contribution in [-0.2, 0) is 17.8 Å². The first-order valence-electron chi connectivity index (χ1n) is 7.26. The van der Waals surface area contributed by atoms with Gasteiger partial charge >= 0.3 is 0 Å². The van der Waals surface area contributed by atoms with Gasteiger partial charge in [0.2, 0.25) is 5.91 Å². The Hall–Kier alpha value is -2.76. The summed E-state index contributed by atoms with van der Waals surface area (Å²) in [7, 11) is 0. The quantitative estimate of drug-likeness (QED) is 0.606. The van der Waals surface area contributed by atoms with E-state index in [2.05, 4.69) is 0 Å². The largest absolute Gasteiger partial charge is 0.338 e. The summed E-state index contributed by atoms with van der Waals surface area (Å²) in [4.78, 5) is 24.4. The molecule has 0 aliphatic carbocycles. The van der Waals surface area contributed by atoms with Gasteiger partial charge in [-0.3, -0.25) is 14.9 Å². The van der Waals surface area contributed by atoms with Crippen molar-refractivity contribution in [1.29, 1.82) is 0 Å². The number of hydrogen-bond donors (Lipinski definition) is 0. The van der Waals surface area contributed by atoms with E-state index in [9.17, 15) is 19.3 Å². The van der Waals surface area contributed by atoms with E-state index in [1.807, 2.05) is 0 Å². The van der Waals surface area contributed by atoms with Crippen LogP contribution in [0.1, 0.15) is 18.1 Å². The van der Waals surface area contributed by atoms with Gasteiger partial charge in [-0.15, -0.1) is 0 Å². The van der Waals surface area contributed by atoms with Crippen molar-refractivity contribution in [2.45, 2.75) is 19.9 Å². The van der Waals surface area contributed by atoms with Crippen molar-refractivity contribution >= 4 is 11.6 Å². The molecule has 0 fully saturated rings. The third-order valence-corrected chi connectivity index (χ3v) is 3.58. The van der Waals surface area contributed by atoms with Crippen LogP contribution in [-0.4, -0.2) is 22.3 Å². The molecule has 2 aromatic rings. The number of para-hydroxylation sites is 1. The van der Waals surface area contributed by atoms with Gasteiger partial charge in [-0.1, -0.05) is 36.4 Å².